The largest absolute Gasteiger partial charge is 0.491 e. The number of morpholine rings is 2. The summed E-state index contributed by atoms with van der Waals surface area (Å²) < 4.78 is 23.8. The van der Waals surface area contributed by atoms with E-state index >= 15 is 14.4 Å². The maximum absolute atomic E-state index is 16.7. The first-order valence-corrected chi connectivity index (χ1v) is 24.5. The molecule has 5 N–H and O–H groups in total. The van der Waals surface area contributed by atoms with E-state index in [0.717, 1.165) is 10.6 Å². The molecule has 6 aromatic carbocycles. The summed E-state index contributed by atoms with van der Waals surface area (Å²) >= 11 is 0. The van der Waals surface area contributed by atoms with Crippen molar-refractivity contribution < 1.29 is 52.9 Å². The van der Waals surface area contributed by atoms with E-state index in [-0.39, 0.29) is 36.7 Å². The number of amides is 5. The highest BCUT2D eigenvalue weighted by Crippen LogP contribution is 2.66. The lowest BCUT2D eigenvalue weighted by molar-refractivity contribution is -0.384. The number of hydrogen-bond donors (Lipinski definition) is 4. The number of fused-ring (bicyclic) bond motifs is 3. The van der Waals surface area contributed by atoms with Gasteiger partial charge in [-0.3, -0.25) is 29.4 Å². The Hall–Kier alpha value is -9.09. The molecule has 76 heavy (non-hydrogen) atoms. The zero-order chi connectivity index (χ0) is 52.9. The number of hydrogen-bond acceptors (Lipinski definition) is 14. The quantitative estimate of drug-likeness (QED) is 0.0420. The molecule has 6 unspecified atom stereocenters. The van der Waals surface area contributed by atoms with Crippen LogP contribution in [0.2, 0.25) is 0 Å². The van der Waals surface area contributed by atoms with Gasteiger partial charge in [0.1, 0.15) is 36.5 Å². The summed E-state index contributed by atoms with van der Waals surface area (Å²) in [5.74, 6) is 2.13. The van der Waals surface area contributed by atoms with Crippen LogP contribution in [0.15, 0.2) is 152 Å². The van der Waals surface area contributed by atoms with E-state index in [1.54, 1.807) is 48.5 Å². The average Bonchev–Trinajstić information content (AvgIpc) is 4.09. The third kappa shape index (κ3) is 9.63. The van der Waals surface area contributed by atoms with Crippen molar-refractivity contribution in [2.75, 3.05) is 61.2 Å². The number of nitro groups is 1. The van der Waals surface area contributed by atoms with Crippen LogP contribution in [-0.4, -0.2) is 96.9 Å². The molecule has 4 aliphatic rings. The molecule has 3 saturated heterocycles. The summed E-state index contributed by atoms with van der Waals surface area (Å²) in [7, 11) is 0. The number of imide groups is 1. The van der Waals surface area contributed by atoms with E-state index in [1.807, 2.05) is 77.7 Å². The molecule has 4 heterocycles. The second-order valence-corrected chi connectivity index (χ2v) is 18.4. The van der Waals surface area contributed by atoms with Crippen molar-refractivity contribution in [3.63, 3.8) is 0 Å². The molecule has 19 nitrogen and oxygen atoms in total. The smallest absolute Gasteiger partial charge is 0.421 e. The van der Waals surface area contributed by atoms with E-state index in [0.29, 0.717) is 65.6 Å². The summed E-state index contributed by atoms with van der Waals surface area (Å²) in [5, 5.41) is 26.6. The van der Waals surface area contributed by atoms with Gasteiger partial charge in [0, 0.05) is 42.2 Å². The maximum Gasteiger partial charge on any atom is 0.421 e. The number of nitrogens with one attached hydrogen (secondary N) is 2. The van der Waals surface area contributed by atoms with Crippen molar-refractivity contribution in [2.45, 2.75) is 36.3 Å². The predicted molar refractivity (Wildman–Crippen MR) is 277 cm³/mol. The Morgan fingerprint density at radius 2 is 1.51 bits per heavy atom. The van der Waals surface area contributed by atoms with Crippen molar-refractivity contribution >= 4 is 52.7 Å². The summed E-state index contributed by atoms with van der Waals surface area (Å²) in [5.41, 5.74) is 6.85. The number of esters is 1. The molecule has 0 aliphatic carbocycles. The van der Waals surface area contributed by atoms with Crippen molar-refractivity contribution in [3.05, 3.63) is 195 Å². The van der Waals surface area contributed by atoms with Crippen LogP contribution in [0.1, 0.15) is 51.6 Å². The fraction of sp³-hybridized carbons (Fsp3) is 0.246. The van der Waals surface area contributed by atoms with Gasteiger partial charge in [0.05, 0.1) is 55.0 Å². The zero-order valence-electron chi connectivity index (χ0n) is 40.8. The van der Waals surface area contributed by atoms with Gasteiger partial charge in [-0.05, 0) is 94.5 Å². The van der Waals surface area contributed by atoms with Crippen molar-refractivity contribution in [2.24, 2.45) is 11.7 Å². The number of benzene rings is 6. The normalized spacial score (nSPS) is 21.6. The highest BCUT2D eigenvalue weighted by atomic mass is 16.6. The van der Waals surface area contributed by atoms with Crippen LogP contribution in [0.5, 0.6) is 5.75 Å². The summed E-state index contributed by atoms with van der Waals surface area (Å²) in [4.78, 5) is 90.6. The molecular weight excluding hydrogens is 975 g/mol. The molecule has 0 bridgehead atoms. The Balaban J connectivity index is 1.20. The standard InChI is InChI=1S/C57H51N7O12/c58-55(69)59-27-7-8-36-15-26-46-45(34-36)57(54(68)62(46)56(70)75-35-37-13-20-43(21-14-37)64(71)72)47(52(66)60-41-18-22-42(23-19-41)61-28-31-73-32-29-61)49-53(67)76-50(39-11-5-2-6-12-39)48(38-9-3-1-4-10-38)63(49)51(57)40-16-24-44(25-17-40)74-33-30-65/h1-6,9-26,34,47-51,65H,27-33,35H2,(H,60,66)(H3,58,59,69). The lowest BCUT2D eigenvalue weighted by atomic mass is 9.65. The number of nitrogens with two attached hydrogens (primary N) is 1. The third-order valence-electron chi connectivity index (χ3n) is 14.1. The maximum atomic E-state index is 16.7. The van der Waals surface area contributed by atoms with Gasteiger partial charge in [0.15, 0.2) is 0 Å². The van der Waals surface area contributed by atoms with Crippen LogP contribution in [0.25, 0.3) is 0 Å². The van der Waals surface area contributed by atoms with Crippen LogP contribution in [0.4, 0.5) is 32.3 Å². The van der Waals surface area contributed by atoms with E-state index in [2.05, 4.69) is 27.4 Å². The molecule has 19 heteroatoms. The SMILES string of the molecule is NC(=O)NCC#Cc1ccc2c(c1)C1(C(=O)N2C(=O)OCc2ccc([N+](=O)[O-])cc2)C(C(=O)Nc2ccc(N3CCOCC3)cc2)C2C(=O)OC(c3ccccc3)C(c3ccccc3)N2C1c1ccc(OCCO)cc1. The molecule has 10 rings (SSSR count). The van der Waals surface area contributed by atoms with Crippen LogP contribution >= 0.6 is 0 Å². The number of urea groups is 1. The van der Waals surface area contributed by atoms with Gasteiger partial charge in [0.2, 0.25) is 11.8 Å². The molecule has 0 radical (unpaired) electrons. The summed E-state index contributed by atoms with van der Waals surface area (Å²) in [6.45, 7) is 1.63. The van der Waals surface area contributed by atoms with E-state index in [4.69, 9.17) is 24.7 Å². The van der Waals surface area contributed by atoms with Crippen LogP contribution in [0.3, 0.4) is 0 Å². The van der Waals surface area contributed by atoms with Gasteiger partial charge in [0.25, 0.3) is 5.69 Å². The van der Waals surface area contributed by atoms with E-state index < -0.39 is 77.0 Å². The molecule has 386 valence electrons. The highest BCUT2D eigenvalue weighted by molar-refractivity contribution is 6.24. The van der Waals surface area contributed by atoms with Crippen molar-refractivity contribution in [1.82, 2.24) is 10.2 Å². The second-order valence-electron chi connectivity index (χ2n) is 18.4. The molecule has 3 fully saturated rings. The lowest BCUT2D eigenvalue weighted by Gasteiger charge is -2.46. The van der Waals surface area contributed by atoms with Crippen LogP contribution < -0.4 is 30.9 Å². The van der Waals surface area contributed by atoms with Gasteiger partial charge < -0.3 is 45.3 Å². The number of carbonyl (C=O) groups is 5. The van der Waals surface area contributed by atoms with Crippen molar-refractivity contribution in [1.29, 1.82) is 0 Å². The Morgan fingerprint density at radius 1 is 0.829 bits per heavy atom. The number of anilines is 3. The number of nitro benzene ring substituents is 1. The van der Waals surface area contributed by atoms with Gasteiger partial charge >= 0.3 is 18.1 Å². The summed E-state index contributed by atoms with van der Waals surface area (Å²) in [6, 6.07) is 38.0. The first-order valence-electron chi connectivity index (χ1n) is 24.5. The topological polar surface area (TPSA) is 245 Å². The number of rotatable bonds is 13. The number of carbonyl (C=O) groups excluding carboxylic acids is 5. The fourth-order valence-corrected chi connectivity index (χ4v) is 10.9. The second kappa shape index (κ2) is 21.8. The lowest BCUT2D eigenvalue weighted by Crippen LogP contribution is -2.54. The number of ether oxygens (including phenoxy) is 4. The number of non-ortho nitro benzene ring substituents is 1. The molecule has 6 aromatic rings. The Labute approximate surface area is 436 Å². The molecule has 5 amide bonds. The molecule has 4 aliphatic heterocycles. The van der Waals surface area contributed by atoms with Gasteiger partial charge in [-0.1, -0.05) is 84.6 Å². The minimum atomic E-state index is -2.20. The van der Waals surface area contributed by atoms with Gasteiger partial charge in [-0.25, -0.2) is 14.5 Å². The number of cyclic esters (lactones) is 1. The number of nitrogens with zero attached hydrogens (tertiary/aromatic N) is 4. The molecule has 0 aromatic heterocycles. The zero-order valence-corrected chi connectivity index (χ0v) is 40.8. The average molecular weight is 1030 g/mol. The molecule has 6 atom stereocenters. The molecular formula is C57H51N7O12. The minimum Gasteiger partial charge on any atom is -0.491 e. The predicted octanol–water partition coefficient (Wildman–Crippen LogP) is 6.46. The highest BCUT2D eigenvalue weighted by Gasteiger charge is 2.76. The van der Waals surface area contributed by atoms with Gasteiger partial charge in [-0.15, -0.1) is 0 Å². The fourth-order valence-electron chi connectivity index (χ4n) is 10.9. The van der Waals surface area contributed by atoms with Crippen LogP contribution in [-0.2, 0) is 40.6 Å². The monoisotopic (exact) mass is 1030 g/mol. The minimum absolute atomic E-state index is 0.0150. The molecule has 0 saturated carbocycles. The first kappa shape index (κ1) is 50.4. The number of aliphatic hydroxyl groups excluding tert-OH is 1. The first-order chi connectivity index (χ1) is 37.0. The van der Waals surface area contributed by atoms with E-state index in [1.165, 1.54) is 30.3 Å². The summed E-state index contributed by atoms with van der Waals surface area (Å²) in [6.07, 6.45) is -2.13. The van der Waals surface area contributed by atoms with E-state index in [9.17, 15) is 24.8 Å². The molecule has 1 spiro atoms. The number of primary amides is 1. The Morgan fingerprint density at radius 3 is 2.17 bits per heavy atom. The Kier molecular flexibility index (Phi) is 14.5. The van der Waals surface area contributed by atoms with Crippen molar-refractivity contribution in [3.8, 4) is 17.6 Å². The third-order valence-corrected chi connectivity index (χ3v) is 14.1. The Bertz CT molecular complexity index is 3220. The van der Waals surface area contributed by atoms with Crippen LogP contribution in [0, 0.1) is 27.9 Å². The van der Waals surface area contributed by atoms with Gasteiger partial charge in [-0.2, -0.15) is 0 Å². The number of aliphatic hydroxyl groups is 1.